The zero-order valence-corrected chi connectivity index (χ0v) is 10.7. The molecule has 0 radical (unpaired) electrons. The summed E-state index contributed by atoms with van der Waals surface area (Å²) in [5, 5.41) is 0. The lowest BCUT2D eigenvalue weighted by atomic mass is 10.1. The van der Waals surface area contributed by atoms with Crippen molar-refractivity contribution in [3.05, 3.63) is 70.5 Å². The summed E-state index contributed by atoms with van der Waals surface area (Å²) in [6.07, 6.45) is 0. The van der Waals surface area contributed by atoms with E-state index in [2.05, 4.69) is 32.0 Å². The Morgan fingerprint density at radius 2 is 1.67 bits per heavy atom. The fourth-order valence-electron chi connectivity index (χ4n) is 1.87. The molecule has 94 valence electrons. The first-order chi connectivity index (χ1) is 8.65. The number of aryl methyl sites for hydroxylation is 2. The molecule has 0 aromatic heterocycles. The second kappa shape index (κ2) is 5.78. The van der Waals surface area contributed by atoms with E-state index in [1.165, 1.54) is 28.8 Å². The molecule has 0 heterocycles. The monoisotopic (exact) mass is 244 g/mol. The standard InChI is InChI=1S/C16H17FO/c1-12-3-6-15(13(2)9-12)11-18-10-14-4-7-16(17)8-5-14/h3-9H,10-11H2,1-2H3. The van der Waals surface area contributed by atoms with Crippen molar-refractivity contribution in [2.24, 2.45) is 0 Å². The molecule has 2 aromatic carbocycles. The maximum Gasteiger partial charge on any atom is 0.123 e. The fourth-order valence-corrected chi connectivity index (χ4v) is 1.87. The van der Waals surface area contributed by atoms with Gasteiger partial charge in [0.25, 0.3) is 0 Å². The molecule has 1 nitrogen and oxygen atoms in total. The number of ether oxygens (including phenoxy) is 1. The number of halogens is 1. The Kier molecular flexibility index (Phi) is 4.11. The van der Waals surface area contributed by atoms with E-state index in [9.17, 15) is 4.39 Å². The summed E-state index contributed by atoms with van der Waals surface area (Å²) in [5.74, 6) is -0.215. The summed E-state index contributed by atoms with van der Waals surface area (Å²) in [5.41, 5.74) is 4.69. The maximum absolute atomic E-state index is 12.7. The van der Waals surface area contributed by atoms with E-state index in [0.717, 1.165) is 5.56 Å². The van der Waals surface area contributed by atoms with Gasteiger partial charge in [-0.2, -0.15) is 0 Å². The van der Waals surface area contributed by atoms with Gasteiger partial charge in [-0.25, -0.2) is 4.39 Å². The molecule has 0 fully saturated rings. The van der Waals surface area contributed by atoms with Gasteiger partial charge in [-0.3, -0.25) is 0 Å². The Hall–Kier alpha value is -1.67. The van der Waals surface area contributed by atoms with Crippen molar-refractivity contribution in [2.45, 2.75) is 27.1 Å². The lowest BCUT2D eigenvalue weighted by Crippen LogP contribution is -1.96. The van der Waals surface area contributed by atoms with Crippen LogP contribution in [0.5, 0.6) is 0 Å². The van der Waals surface area contributed by atoms with E-state index >= 15 is 0 Å². The molecule has 0 atom stereocenters. The maximum atomic E-state index is 12.7. The molecule has 0 unspecified atom stereocenters. The third kappa shape index (κ3) is 3.41. The van der Waals surface area contributed by atoms with Gasteiger partial charge in [-0.1, -0.05) is 35.9 Å². The summed E-state index contributed by atoms with van der Waals surface area (Å²) in [7, 11) is 0. The summed E-state index contributed by atoms with van der Waals surface area (Å²) in [6.45, 7) is 5.26. The van der Waals surface area contributed by atoms with Gasteiger partial charge < -0.3 is 4.74 Å². The van der Waals surface area contributed by atoms with Gasteiger partial charge >= 0.3 is 0 Å². The lowest BCUT2D eigenvalue weighted by molar-refractivity contribution is 0.107. The summed E-state index contributed by atoms with van der Waals surface area (Å²) < 4.78 is 18.4. The van der Waals surface area contributed by atoms with Crippen molar-refractivity contribution >= 4 is 0 Å². The topological polar surface area (TPSA) is 9.23 Å². The molecule has 2 heteroatoms. The van der Waals surface area contributed by atoms with Crippen LogP contribution in [0.4, 0.5) is 4.39 Å². The molecular weight excluding hydrogens is 227 g/mol. The Morgan fingerprint density at radius 3 is 2.33 bits per heavy atom. The van der Waals surface area contributed by atoms with Crippen molar-refractivity contribution in [3.8, 4) is 0 Å². The van der Waals surface area contributed by atoms with Crippen LogP contribution in [-0.2, 0) is 18.0 Å². The molecule has 0 saturated heterocycles. The van der Waals surface area contributed by atoms with E-state index in [1.54, 1.807) is 12.1 Å². The first kappa shape index (κ1) is 12.8. The van der Waals surface area contributed by atoms with Crippen LogP contribution in [0.3, 0.4) is 0 Å². The van der Waals surface area contributed by atoms with E-state index < -0.39 is 0 Å². The highest BCUT2D eigenvalue weighted by Gasteiger charge is 1.99. The minimum Gasteiger partial charge on any atom is -0.372 e. The van der Waals surface area contributed by atoms with Crippen LogP contribution < -0.4 is 0 Å². The second-order valence-corrected chi connectivity index (χ2v) is 4.55. The van der Waals surface area contributed by atoms with Crippen molar-refractivity contribution in [3.63, 3.8) is 0 Å². The van der Waals surface area contributed by atoms with E-state index in [1.807, 2.05) is 0 Å². The molecule has 0 saturated carbocycles. The number of hydrogen-bond donors (Lipinski definition) is 0. The van der Waals surface area contributed by atoms with Crippen LogP contribution >= 0.6 is 0 Å². The van der Waals surface area contributed by atoms with Crippen molar-refractivity contribution in [1.82, 2.24) is 0 Å². The zero-order valence-electron chi connectivity index (χ0n) is 10.7. The van der Waals surface area contributed by atoms with Gasteiger partial charge in [0, 0.05) is 0 Å². The zero-order chi connectivity index (χ0) is 13.0. The largest absolute Gasteiger partial charge is 0.372 e. The minimum absolute atomic E-state index is 0.215. The summed E-state index contributed by atoms with van der Waals surface area (Å²) >= 11 is 0. The van der Waals surface area contributed by atoms with Crippen LogP contribution in [0.1, 0.15) is 22.3 Å². The second-order valence-electron chi connectivity index (χ2n) is 4.55. The van der Waals surface area contributed by atoms with Crippen LogP contribution in [0, 0.1) is 19.7 Å². The van der Waals surface area contributed by atoms with Gasteiger partial charge in [0.15, 0.2) is 0 Å². The van der Waals surface area contributed by atoms with E-state index in [4.69, 9.17) is 4.74 Å². The van der Waals surface area contributed by atoms with Gasteiger partial charge in [0.05, 0.1) is 13.2 Å². The fraction of sp³-hybridized carbons (Fsp3) is 0.250. The van der Waals surface area contributed by atoms with Gasteiger partial charge in [-0.05, 0) is 42.7 Å². The molecular formula is C16H17FO. The smallest absolute Gasteiger partial charge is 0.123 e. The molecule has 2 aromatic rings. The number of rotatable bonds is 4. The molecule has 0 spiro atoms. The third-order valence-corrected chi connectivity index (χ3v) is 2.94. The molecule has 0 aliphatic heterocycles. The summed E-state index contributed by atoms with van der Waals surface area (Å²) in [6, 6.07) is 12.7. The van der Waals surface area contributed by atoms with Gasteiger partial charge in [0.1, 0.15) is 5.82 Å². The van der Waals surface area contributed by atoms with Crippen LogP contribution in [0.25, 0.3) is 0 Å². The Bertz CT molecular complexity index is 517. The molecule has 2 rings (SSSR count). The molecule has 0 bridgehead atoms. The molecule has 0 aliphatic rings. The van der Waals surface area contributed by atoms with Gasteiger partial charge in [-0.15, -0.1) is 0 Å². The van der Waals surface area contributed by atoms with Crippen LogP contribution in [0.2, 0.25) is 0 Å². The quantitative estimate of drug-likeness (QED) is 0.784. The highest BCUT2D eigenvalue weighted by atomic mass is 19.1. The number of hydrogen-bond acceptors (Lipinski definition) is 1. The Morgan fingerprint density at radius 1 is 0.944 bits per heavy atom. The molecule has 0 aliphatic carbocycles. The normalized spacial score (nSPS) is 10.6. The minimum atomic E-state index is -0.215. The van der Waals surface area contributed by atoms with E-state index in [0.29, 0.717) is 13.2 Å². The SMILES string of the molecule is Cc1ccc(COCc2ccc(F)cc2)c(C)c1. The predicted octanol–water partition coefficient (Wildman–Crippen LogP) is 4.16. The van der Waals surface area contributed by atoms with E-state index in [-0.39, 0.29) is 5.82 Å². The highest BCUT2D eigenvalue weighted by molar-refractivity contribution is 5.29. The molecule has 18 heavy (non-hydrogen) atoms. The first-order valence-corrected chi connectivity index (χ1v) is 6.03. The Labute approximate surface area is 107 Å². The van der Waals surface area contributed by atoms with Crippen molar-refractivity contribution in [1.29, 1.82) is 0 Å². The van der Waals surface area contributed by atoms with Crippen LogP contribution in [0.15, 0.2) is 42.5 Å². The van der Waals surface area contributed by atoms with Crippen molar-refractivity contribution in [2.75, 3.05) is 0 Å². The lowest BCUT2D eigenvalue weighted by Gasteiger charge is -2.08. The summed E-state index contributed by atoms with van der Waals surface area (Å²) in [4.78, 5) is 0. The average molecular weight is 244 g/mol. The average Bonchev–Trinajstić information content (AvgIpc) is 2.34. The highest BCUT2D eigenvalue weighted by Crippen LogP contribution is 2.13. The van der Waals surface area contributed by atoms with Crippen molar-refractivity contribution < 1.29 is 9.13 Å². The predicted molar refractivity (Wildman–Crippen MR) is 70.8 cm³/mol. The Balaban J connectivity index is 1.90. The molecule has 0 N–H and O–H groups in total. The third-order valence-electron chi connectivity index (χ3n) is 2.94. The van der Waals surface area contributed by atoms with Gasteiger partial charge in [0.2, 0.25) is 0 Å². The van der Waals surface area contributed by atoms with Crippen LogP contribution in [-0.4, -0.2) is 0 Å². The first-order valence-electron chi connectivity index (χ1n) is 6.03. The molecule has 0 amide bonds. The number of benzene rings is 2.